The van der Waals surface area contributed by atoms with E-state index in [2.05, 4.69) is 109 Å². The molecule has 0 aliphatic rings. The lowest BCUT2D eigenvalue weighted by molar-refractivity contribution is 0.668. The van der Waals surface area contributed by atoms with E-state index in [1.54, 1.807) is 0 Å². The fourth-order valence-electron chi connectivity index (χ4n) is 6.23. The molecule has 210 valence electrons. The Morgan fingerprint density at radius 3 is 2.19 bits per heavy atom. The van der Waals surface area contributed by atoms with Crippen LogP contribution in [-0.2, 0) is 7.05 Å². The van der Waals surface area contributed by atoms with Crippen molar-refractivity contribution in [2.24, 2.45) is 7.05 Å². The van der Waals surface area contributed by atoms with Gasteiger partial charge in [0.25, 0.3) is 0 Å². The van der Waals surface area contributed by atoms with Gasteiger partial charge in [-0.3, -0.25) is 0 Å². The summed E-state index contributed by atoms with van der Waals surface area (Å²) < 4.78 is 14.8. The molecule has 0 spiro atoms. The first kappa shape index (κ1) is 26.4. The van der Waals surface area contributed by atoms with Crippen molar-refractivity contribution in [1.82, 2.24) is 4.57 Å². The largest absolute Gasteiger partial charge is 0.456 e. The number of allylic oxidation sites excluding steroid dienone is 3. The summed E-state index contributed by atoms with van der Waals surface area (Å²) in [5, 5.41) is 16.0. The topological polar surface area (TPSA) is 67.1 Å². The van der Waals surface area contributed by atoms with E-state index in [1.165, 1.54) is 27.4 Å². The number of nitrogens with one attached hydrogen (secondary N) is 2. The highest BCUT2D eigenvalue weighted by atomic mass is 16.3. The lowest BCUT2D eigenvalue weighted by Gasteiger charge is -2.07. The molecule has 8 aromatic rings. The van der Waals surface area contributed by atoms with Crippen LogP contribution in [0.15, 0.2) is 124 Å². The molecule has 0 radical (unpaired) electrons. The van der Waals surface area contributed by atoms with Crippen molar-refractivity contribution in [3.05, 3.63) is 115 Å². The SMILES string of the molecule is C=N.CC/C=C\C=C/Nc1cc2oc3ccccc3c2c2c3ccc(-c4ccc5oc6ccccc6c5c4)cc3n(C)c12. The van der Waals surface area contributed by atoms with Crippen molar-refractivity contribution in [1.29, 1.82) is 5.41 Å². The number of anilines is 1. The quantitative estimate of drug-likeness (QED) is 0.162. The molecule has 0 unspecified atom stereocenters. The van der Waals surface area contributed by atoms with Crippen molar-refractivity contribution >= 4 is 78.1 Å². The lowest BCUT2D eigenvalue weighted by atomic mass is 10.00. The average Bonchev–Trinajstić information content (AvgIpc) is 3.70. The summed E-state index contributed by atoms with van der Waals surface area (Å²) in [5.41, 5.74) is 9.28. The second kappa shape index (κ2) is 10.7. The number of benzene rings is 5. The molecule has 0 saturated carbocycles. The maximum absolute atomic E-state index is 6.37. The summed E-state index contributed by atoms with van der Waals surface area (Å²) in [6.45, 7) is 4.63. The van der Waals surface area contributed by atoms with Crippen LogP contribution in [0, 0.1) is 5.41 Å². The number of aryl methyl sites for hydroxylation is 1. The Labute approximate surface area is 248 Å². The molecule has 3 heterocycles. The number of rotatable bonds is 5. The Hall–Kier alpha value is -5.55. The van der Waals surface area contributed by atoms with Gasteiger partial charge >= 0.3 is 0 Å². The molecular weight excluding hydrogens is 530 g/mol. The Morgan fingerprint density at radius 2 is 1.37 bits per heavy atom. The number of aromatic nitrogens is 1. The van der Waals surface area contributed by atoms with Crippen LogP contribution < -0.4 is 5.32 Å². The van der Waals surface area contributed by atoms with Crippen LogP contribution in [0.25, 0.3) is 76.8 Å². The molecule has 0 aliphatic heterocycles. The van der Waals surface area contributed by atoms with Crippen molar-refractivity contribution in [3.63, 3.8) is 0 Å². The molecule has 0 aliphatic carbocycles. The van der Waals surface area contributed by atoms with Gasteiger partial charge in [-0.05, 0) is 60.7 Å². The van der Waals surface area contributed by atoms with Crippen LogP contribution in [0.1, 0.15) is 13.3 Å². The number of para-hydroxylation sites is 2. The van der Waals surface area contributed by atoms with Gasteiger partial charge in [-0.15, -0.1) is 0 Å². The van der Waals surface area contributed by atoms with Crippen LogP contribution >= 0.6 is 0 Å². The third-order valence-electron chi connectivity index (χ3n) is 8.13. The van der Waals surface area contributed by atoms with E-state index in [0.29, 0.717) is 0 Å². The summed E-state index contributed by atoms with van der Waals surface area (Å²) in [6, 6.07) is 31.9. The van der Waals surface area contributed by atoms with Gasteiger partial charge in [0.2, 0.25) is 0 Å². The molecule has 2 N–H and O–H groups in total. The molecule has 0 atom stereocenters. The van der Waals surface area contributed by atoms with Crippen molar-refractivity contribution in [2.75, 3.05) is 5.32 Å². The Balaban J connectivity index is 0.00000147. The zero-order valence-electron chi connectivity index (χ0n) is 24.1. The number of fused-ring (bicyclic) bond motifs is 10. The van der Waals surface area contributed by atoms with Gasteiger partial charge in [0.05, 0.1) is 11.2 Å². The standard InChI is InChI=1S/C37H28N2O2.CH3N/c1-3-4-5-10-19-38-29-22-34-35(27-12-7-9-14-32(27)41-34)36-26-17-15-24(21-30(26)39(2)37(29)36)23-16-18-33-28(20-23)25-11-6-8-13-31(25)40-33;1-2/h4-22,38H,3H2,1-2H3;2H,1H2/b5-4-,19-10-;. The first-order valence-corrected chi connectivity index (χ1v) is 14.4. The monoisotopic (exact) mass is 561 g/mol. The summed E-state index contributed by atoms with van der Waals surface area (Å²) in [5.74, 6) is 0. The molecule has 5 heteroatoms. The maximum Gasteiger partial charge on any atom is 0.138 e. The van der Waals surface area contributed by atoms with E-state index >= 15 is 0 Å². The van der Waals surface area contributed by atoms with Crippen LogP contribution in [0.3, 0.4) is 0 Å². The van der Waals surface area contributed by atoms with E-state index in [1.807, 2.05) is 36.5 Å². The molecule has 0 amide bonds. The number of hydrogen-bond acceptors (Lipinski definition) is 4. The van der Waals surface area contributed by atoms with E-state index < -0.39 is 0 Å². The van der Waals surface area contributed by atoms with Crippen LogP contribution in [0.2, 0.25) is 0 Å². The fraction of sp³-hybridized carbons (Fsp3) is 0.0789. The minimum Gasteiger partial charge on any atom is -0.456 e. The molecule has 8 rings (SSSR count). The van der Waals surface area contributed by atoms with Gasteiger partial charge in [-0.2, -0.15) is 0 Å². The molecule has 0 fully saturated rings. The highest BCUT2D eigenvalue weighted by molar-refractivity contribution is 6.29. The minimum atomic E-state index is 0.882. The van der Waals surface area contributed by atoms with Crippen LogP contribution in [0.5, 0.6) is 0 Å². The minimum absolute atomic E-state index is 0.882. The Morgan fingerprint density at radius 1 is 0.698 bits per heavy atom. The van der Waals surface area contributed by atoms with E-state index in [0.717, 1.165) is 61.5 Å². The number of furan rings is 2. The molecule has 5 nitrogen and oxygen atoms in total. The van der Waals surface area contributed by atoms with Gasteiger partial charge in [0, 0.05) is 57.1 Å². The molecular formula is C38H31N3O2. The molecule has 43 heavy (non-hydrogen) atoms. The summed E-state index contributed by atoms with van der Waals surface area (Å²) in [6.07, 6.45) is 9.24. The predicted molar refractivity (Wildman–Crippen MR) is 182 cm³/mol. The maximum atomic E-state index is 6.37. The van der Waals surface area contributed by atoms with Gasteiger partial charge in [0.1, 0.15) is 22.3 Å². The third kappa shape index (κ3) is 4.20. The summed E-state index contributed by atoms with van der Waals surface area (Å²) in [7, 11) is 2.15. The van der Waals surface area contributed by atoms with E-state index in [4.69, 9.17) is 14.2 Å². The average molecular weight is 562 g/mol. The smallest absolute Gasteiger partial charge is 0.138 e. The van der Waals surface area contributed by atoms with Gasteiger partial charge in [-0.1, -0.05) is 73.7 Å². The summed E-state index contributed by atoms with van der Waals surface area (Å²) in [4.78, 5) is 0. The lowest BCUT2D eigenvalue weighted by Crippen LogP contribution is -1.94. The fourth-order valence-corrected chi connectivity index (χ4v) is 6.23. The zero-order chi connectivity index (χ0) is 29.5. The normalized spacial score (nSPS) is 12.0. The van der Waals surface area contributed by atoms with Gasteiger partial charge in [0.15, 0.2) is 0 Å². The van der Waals surface area contributed by atoms with Crippen LogP contribution in [0.4, 0.5) is 5.69 Å². The van der Waals surface area contributed by atoms with Crippen molar-refractivity contribution < 1.29 is 8.83 Å². The predicted octanol–water partition coefficient (Wildman–Crippen LogP) is 11.0. The zero-order valence-corrected chi connectivity index (χ0v) is 24.1. The second-order valence-corrected chi connectivity index (χ2v) is 10.6. The van der Waals surface area contributed by atoms with Crippen molar-refractivity contribution in [3.8, 4) is 11.1 Å². The highest BCUT2D eigenvalue weighted by Crippen LogP contribution is 2.44. The first-order chi connectivity index (χ1) is 21.2. The summed E-state index contributed by atoms with van der Waals surface area (Å²) >= 11 is 0. The van der Waals surface area contributed by atoms with Crippen LogP contribution in [-0.4, -0.2) is 11.3 Å². The molecule has 5 aromatic carbocycles. The van der Waals surface area contributed by atoms with Gasteiger partial charge < -0.3 is 24.1 Å². The van der Waals surface area contributed by atoms with Gasteiger partial charge in [-0.25, -0.2) is 0 Å². The van der Waals surface area contributed by atoms with E-state index in [9.17, 15) is 0 Å². The van der Waals surface area contributed by atoms with Crippen molar-refractivity contribution in [2.45, 2.75) is 13.3 Å². The molecule has 3 aromatic heterocycles. The first-order valence-electron chi connectivity index (χ1n) is 14.4. The molecule has 0 saturated heterocycles. The highest BCUT2D eigenvalue weighted by Gasteiger charge is 2.20. The third-order valence-corrected chi connectivity index (χ3v) is 8.13. The Bertz CT molecular complexity index is 2360. The number of hydrogen-bond donors (Lipinski definition) is 2. The number of nitrogens with zero attached hydrogens (tertiary/aromatic N) is 1. The second-order valence-electron chi connectivity index (χ2n) is 10.6. The van der Waals surface area contributed by atoms with E-state index in [-0.39, 0.29) is 0 Å². The molecule has 0 bridgehead atoms. The Kier molecular flexibility index (Phi) is 6.55.